The van der Waals surface area contributed by atoms with Gasteiger partial charge in [-0.1, -0.05) is 18.2 Å². The van der Waals surface area contributed by atoms with Gasteiger partial charge < -0.3 is 16.0 Å². The molecule has 0 saturated carbocycles. The van der Waals surface area contributed by atoms with E-state index in [1.165, 1.54) is 6.07 Å². The van der Waals surface area contributed by atoms with E-state index in [4.69, 9.17) is 0 Å². The highest BCUT2D eigenvalue weighted by molar-refractivity contribution is 5.86. The number of likely N-dealkylation sites (N-methyl/N-ethyl adjacent to an activating group) is 1. The number of hydrogen-bond acceptors (Lipinski definition) is 2. The van der Waals surface area contributed by atoms with Crippen molar-refractivity contribution in [3.05, 3.63) is 35.6 Å². The van der Waals surface area contributed by atoms with Crippen molar-refractivity contribution in [1.82, 2.24) is 16.0 Å². The van der Waals surface area contributed by atoms with Crippen molar-refractivity contribution in [3.63, 3.8) is 0 Å². The fraction of sp³-hybridized carbons (Fsp3) is 0.429. The smallest absolute Gasteiger partial charge is 0.315 e. The number of rotatable bonds is 6. The van der Waals surface area contributed by atoms with Gasteiger partial charge in [0.05, 0.1) is 0 Å². The Morgan fingerprint density at radius 3 is 2.60 bits per heavy atom. The molecule has 0 aliphatic rings. The Morgan fingerprint density at radius 1 is 1.25 bits per heavy atom. The lowest BCUT2D eigenvalue weighted by atomic mass is 10.1. The molecule has 1 rings (SSSR count). The number of urea groups is 1. The first-order valence-electron chi connectivity index (χ1n) is 6.60. The highest BCUT2D eigenvalue weighted by atomic mass is 19.1. The summed E-state index contributed by atoms with van der Waals surface area (Å²) < 4.78 is 13.3. The number of benzene rings is 1. The van der Waals surface area contributed by atoms with E-state index in [2.05, 4.69) is 16.0 Å². The molecule has 0 heterocycles. The van der Waals surface area contributed by atoms with Crippen molar-refractivity contribution in [3.8, 4) is 0 Å². The molecule has 0 aliphatic heterocycles. The van der Waals surface area contributed by atoms with Crippen molar-refractivity contribution in [2.45, 2.75) is 26.3 Å². The van der Waals surface area contributed by atoms with E-state index >= 15 is 0 Å². The minimum atomic E-state index is -0.608. The second-order valence-electron chi connectivity index (χ2n) is 4.36. The van der Waals surface area contributed by atoms with Gasteiger partial charge in [-0.25, -0.2) is 9.18 Å². The van der Waals surface area contributed by atoms with Gasteiger partial charge in [-0.05, 0) is 31.9 Å². The summed E-state index contributed by atoms with van der Waals surface area (Å²) in [4.78, 5) is 23.0. The molecule has 1 aromatic carbocycles. The molecular weight excluding hydrogens is 261 g/mol. The Labute approximate surface area is 117 Å². The summed E-state index contributed by atoms with van der Waals surface area (Å²) in [5.74, 6) is -0.526. The number of amides is 3. The number of nitrogens with one attached hydrogen (secondary N) is 3. The predicted molar refractivity (Wildman–Crippen MR) is 74.8 cm³/mol. The van der Waals surface area contributed by atoms with Crippen molar-refractivity contribution in [2.24, 2.45) is 0 Å². The van der Waals surface area contributed by atoms with Crippen molar-refractivity contribution < 1.29 is 14.0 Å². The maximum atomic E-state index is 13.3. The van der Waals surface area contributed by atoms with Crippen LogP contribution >= 0.6 is 0 Å². The first-order chi connectivity index (χ1) is 9.54. The zero-order valence-corrected chi connectivity index (χ0v) is 11.7. The van der Waals surface area contributed by atoms with Gasteiger partial charge in [0, 0.05) is 13.1 Å². The average Bonchev–Trinajstić information content (AvgIpc) is 2.41. The van der Waals surface area contributed by atoms with Gasteiger partial charge in [-0.2, -0.15) is 0 Å². The second-order valence-corrected chi connectivity index (χ2v) is 4.36. The zero-order valence-electron chi connectivity index (χ0n) is 11.7. The third-order valence-corrected chi connectivity index (χ3v) is 2.73. The van der Waals surface area contributed by atoms with Crippen LogP contribution in [0.3, 0.4) is 0 Å². The lowest BCUT2D eigenvalue weighted by Crippen LogP contribution is -2.48. The van der Waals surface area contributed by atoms with Crippen LogP contribution in [-0.4, -0.2) is 31.1 Å². The second kappa shape index (κ2) is 8.14. The topological polar surface area (TPSA) is 70.2 Å². The highest BCUT2D eigenvalue weighted by Crippen LogP contribution is 2.05. The first-order valence-corrected chi connectivity index (χ1v) is 6.60. The minimum absolute atomic E-state index is 0.239. The molecule has 5 nitrogen and oxygen atoms in total. The average molecular weight is 281 g/mol. The quantitative estimate of drug-likeness (QED) is 0.733. The molecule has 0 aromatic heterocycles. The summed E-state index contributed by atoms with van der Waals surface area (Å²) in [6.45, 7) is 4.22. The van der Waals surface area contributed by atoms with E-state index in [-0.39, 0.29) is 11.7 Å². The lowest BCUT2D eigenvalue weighted by molar-refractivity contribution is -0.122. The van der Waals surface area contributed by atoms with E-state index in [1.54, 1.807) is 32.0 Å². The van der Waals surface area contributed by atoms with E-state index in [1.807, 2.05) is 0 Å². The van der Waals surface area contributed by atoms with Gasteiger partial charge in [0.25, 0.3) is 0 Å². The molecule has 110 valence electrons. The number of halogens is 1. The van der Waals surface area contributed by atoms with Crippen LogP contribution in [0.4, 0.5) is 9.18 Å². The normalized spacial score (nSPS) is 11.6. The molecule has 1 unspecified atom stereocenters. The van der Waals surface area contributed by atoms with Gasteiger partial charge in [0.2, 0.25) is 5.91 Å². The number of carbonyl (C=O) groups is 2. The van der Waals surface area contributed by atoms with Crippen LogP contribution in [0.25, 0.3) is 0 Å². The van der Waals surface area contributed by atoms with Gasteiger partial charge in [0.1, 0.15) is 11.9 Å². The first kappa shape index (κ1) is 15.9. The monoisotopic (exact) mass is 281 g/mol. The van der Waals surface area contributed by atoms with Crippen LogP contribution < -0.4 is 16.0 Å². The van der Waals surface area contributed by atoms with Crippen molar-refractivity contribution >= 4 is 11.9 Å². The van der Waals surface area contributed by atoms with Gasteiger partial charge in [0.15, 0.2) is 0 Å². The molecule has 0 bridgehead atoms. The Morgan fingerprint density at radius 2 is 1.95 bits per heavy atom. The van der Waals surface area contributed by atoms with Crippen LogP contribution in [0, 0.1) is 5.82 Å². The molecule has 0 radical (unpaired) electrons. The van der Waals surface area contributed by atoms with Crippen LogP contribution in [0.5, 0.6) is 0 Å². The molecule has 0 saturated heterocycles. The summed E-state index contributed by atoms with van der Waals surface area (Å²) in [6.07, 6.45) is 0.398. The standard InChI is InChI=1S/C14H20FN3O2/c1-3-16-13(19)10(2)18-14(20)17-9-8-11-6-4-5-7-12(11)15/h4-7,10H,3,8-9H2,1-2H3,(H,16,19)(H2,17,18,20). The van der Waals surface area contributed by atoms with Crippen LogP contribution in [0.15, 0.2) is 24.3 Å². The molecule has 20 heavy (non-hydrogen) atoms. The zero-order chi connectivity index (χ0) is 15.0. The summed E-state index contributed by atoms with van der Waals surface area (Å²) >= 11 is 0. The molecule has 1 atom stereocenters. The lowest BCUT2D eigenvalue weighted by Gasteiger charge is -2.14. The Hall–Kier alpha value is -2.11. The maximum Gasteiger partial charge on any atom is 0.315 e. The molecule has 6 heteroatoms. The van der Waals surface area contributed by atoms with Gasteiger partial charge in [-0.3, -0.25) is 4.79 Å². The highest BCUT2D eigenvalue weighted by Gasteiger charge is 2.14. The Balaban J connectivity index is 2.30. The summed E-state index contributed by atoms with van der Waals surface area (Å²) in [5, 5.41) is 7.71. The van der Waals surface area contributed by atoms with Gasteiger partial charge >= 0.3 is 6.03 Å². The van der Waals surface area contributed by atoms with Crippen molar-refractivity contribution in [2.75, 3.05) is 13.1 Å². The third kappa shape index (κ3) is 5.26. The minimum Gasteiger partial charge on any atom is -0.355 e. The number of hydrogen-bond donors (Lipinski definition) is 3. The van der Waals surface area contributed by atoms with Crippen LogP contribution in [-0.2, 0) is 11.2 Å². The fourth-order valence-corrected chi connectivity index (χ4v) is 1.65. The third-order valence-electron chi connectivity index (χ3n) is 2.73. The SMILES string of the molecule is CCNC(=O)C(C)NC(=O)NCCc1ccccc1F. The molecule has 0 spiro atoms. The largest absolute Gasteiger partial charge is 0.355 e. The number of carbonyl (C=O) groups excluding carboxylic acids is 2. The fourth-order valence-electron chi connectivity index (χ4n) is 1.65. The van der Waals surface area contributed by atoms with E-state index in [0.717, 1.165) is 0 Å². The molecule has 0 fully saturated rings. The van der Waals surface area contributed by atoms with E-state index < -0.39 is 12.1 Å². The predicted octanol–water partition coefficient (Wildman–Crippen LogP) is 1.19. The molecule has 1 aromatic rings. The molecule has 0 aliphatic carbocycles. The van der Waals surface area contributed by atoms with Crippen LogP contribution in [0.2, 0.25) is 0 Å². The Kier molecular flexibility index (Phi) is 6.49. The van der Waals surface area contributed by atoms with Gasteiger partial charge in [-0.15, -0.1) is 0 Å². The summed E-state index contributed by atoms with van der Waals surface area (Å²) in [6, 6.07) is 5.37. The summed E-state index contributed by atoms with van der Waals surface area (Å²) in [5.41, 5.74) is 0.546. The van der Waals surface area contributed by atoms with E-state index in [0.29, 0.717) is 25.1 Å². The Bertz CT molecular complexity index is 465. The van der Waals surface area contributed by atoms with E-state index in [9.17, 15) is 14.0 Å². The van der Waals surface area contributed by atoms with Crippen LogP contribution in [0.1, 0.15) is 19.4 Å². The summed E-state index contributed by atoms with van der Waals surface area (Å²) in [7, 11) is 0. The molecular formula is C14H20FN3O2. The molecule has 3 N–H and O–H groups in total. The molecule has 3 amide bonds. The van der Waals surface area contributed by atoms with Crippen molar-refractivity contribution in [1.29, 1.82) is 0 Å². The maximum absolute atomic E-state index is 13.3.